The van der Waals surface area contributed by atoms with Gasteiger partial charge in [0.25, 0.3) is 0 Å². The number of halogens is 1. The molecule has 0 atom stereocenters. The number of aldehydes is 1. The van der Waals surface area contributed by atoms with E-state index in [1.807, 2.05) is 0 Å². The van der Waals surface area contributed by atoms with Crippen LogP contribution in [0.2, 0.25) is 0 Å². The van der Waals surface area contributed by atoms with Crippen molar-refractivity contribution in [2.75, 3.05) is 7.11 Å². The molecule has 0 N–H and O–H groups in total. The second-order valence-corrected chi connectivity index (χ2v) is 3.60. The molecule has 0 radical (unpaired) electrons. The van der Waals surface area contributed by atoms with Crippen LogP contribution in [0.4, 0.5) is 0 Å². The molecule has 0 unspecified atom stereocenters. The van der Waals surface area contributed by atoms with Crippen LogP contribution in [-0.4, -0.2) is 19.4 Å². The molecule has 0 spiro atoms. The van der Waals surface area contributed by atoms with Gasteiger partial charge in [-0.15, -0.1) is 0 Å². The molecule has 0 aliphatic rings. The molecule has 0 aromatic heterocycles. The van der Waals surface area contributed by atoms with E-state index in [0.717, 1.165) is 0 Å². The average Bonchev–Trinajstić information content (AvgIpc) is 2.18. The van der Waals surface area contributed by atoms with Crippen LogP contribution in [0.5, 0.6) is 0 Å². The third-order valence-corrected chi connectivity index (χ3v) is 2.63. The average molecular weight is 257 g/mol. The van der Waals surface area contributed by atoms with Crippen molar-refractivity contribution in [3.05, 3.63) is 33.3 Å². The highest BCUT2D eigenvalue weighted by atomic mass is 79.9. The molecule has 0 fully saturated rings. The summed E-state index contributed by atoms with van der Waals surface area (Å²) in [5, 5.41) is 0. The molecule has 0 heterocycles. The van der Waals surface area contributed by atoms with Crippen LogP contribution in [0, 0.1) is 6.92 Å². The van der Waals surface area contributed by atoms with Gasteiger partial charge in [-0.05, 0) is 34.5 Å². The van der Waals surface area contributed by atoms with Gasteiger partial charge in [-0.25, -0.2) is 4.79 Å². The topological polar surface area (TPSA) is 43.4 Å². The number of methoxy groups -OCH3 is 1. The van der Waals surface area contributed by atoms with Crippen LogP contribution >= 0.6 is 15.9 Å². The third kappa shape index (κ3) is 1.85. The lowest BCUT2D eigenvalue weighted by molar-refractivity contribution is 0.0599. The Hall–Kier alpha value is -1.16. The number of hydrogen-bond acceptors (Lipinski definition) is 3. The zero-order valence-electron chi connectivity index (χ0n) is 7.83. The molecule has 0 saturated carbocycles. The summed E-state index contributed by atoms with van der Waals surface area (Å²) in [5.74, 6) is -0.446. The van der Waals surface area contributed by atoms with Crippen molar-refractivity contribution in [2.45, 2.75) is 6.92 Å². The van der Waals surface area contributed by atoms with Crippen LogP contribution in [-0.2, 0) is 4.74 Å². The maximum absolute atomic E-state index is 11.4. The Morgan fingerprint density at radius 2 is 2.14 bits per heavy atom. The summed E-state index contributed by atoms with van der Waals surface area (Å²) in [4.78, 5) is 22.0. The molecule has 1 aromatic carbocycles. The predicted molar refractivity (Wildman–Crippen MR) is 55.6 cm³/mol. The molecule has 1 aromatic rings. The van der Waals surface area contributed by atoms with E-state index in [4.69, 9.17) is 0 Å². The van der Waals surface area contributed by atoms with Crippen molar-refractivity contribution >= 4 is 28.2 Å². The molecule has 0 aliphatic heterocycles. The van der Waals surface area contributed by atoms with Gasteiger partial charge < -0.3 is 4.74 Å². The molecule has 74 valence electrons. The van der Waals surface area contributed by atoms with Gasteiger partial charge in [0.1, 0.15) is 6.29 Å². The van der Waals surface area contributed by atoms with Crippen molar-refractivity contribution in [1.29, 1.82) is 0 Å². The quantitative estimate of drug-likeness (QED) is 0.603. The normalized spacial score (nSPS) is 9.64. The zero-order chi connectivity index (χ0) is 10.7. The first-order valence-corrected chi connectivity index (χ1v) is 4.73. The smallest absolute Gasteiger partial charge is 0.339 e. The molecule has 3 nitrogen and oxygen atoms in total. The van der Waals surface area contributed by atoms with Crippen LogP contribution < -0.4 is 0 Å². The second-order valence-electron chi connectivity index (χ2n) is 2.75. The number of esters is 1. The zero-order valence-corrected chi connectivity index (χ0v) is 9.42. The first-order chi connectivity index (χ1) is 6.61. The molecule has 0 bridgehead atoms. The van der Waals surface area contributed by atoms with Gasteiger partial charge in [0.05, 0.1) is 12.7 Å². The molecule has 4 heteroatoms. The van der Waals surface area contributed by atoms with Crippen LogP contribution in [0.25, 0.3) is 0 Å². The molecular weight excluding hydrogens is 248 g/mol. The Labute approximate surface area is 90.2 Å². The summed E-state index contributed by atoms with van der Waals surface area (Å²) < 4.78 is 5.24. The number of rotatable bonds is 2. The molecular formula is C10H9BrO3. The van der Waals surface area contributed by atoms with E-state index in [2.05, 4.69) is 20.7 Å². The Balaban J connectivity index is 3.39. The Morgan fingerprint density at radius 1 is 1.50 bits per heavy atom. The van der Waals surface area contributed by atoms with E-state index in [-0.39, 0.29) is 0 Å². The van der Waals surface area contributed by atoms with Gasteiger partial charge in [0.2, 0.25) is 0 Å². The van der Waals surface area contributed by atoms with E-state index < -0.39 is 5.97 Å². The number of benzene rings is 1. The summed E-state index contributed by atoms with van der Waals surface area (Å²) in [6.45, 7) is 1.71. The first kappa shape index (κ1) is 10.9. The van der Waals surface area contributed by atoms with Crippen molar-refractivity contribution in [2.24, 2.45) is 0 Å². The van der Waals surface area contributed by atoms with E-state index in [1.54, 1.807) is 19.1 Å². The van der Waals surface area contributed by atoms with Gasteiger partial charge in [0, 0.05) is 10.0 Å². The van der Waals surface area contributed by atoms with Gasteiger partial charge in [-0.1, -0.05) is 6.07 Å². The minimum atomic E-state index is -0.446. The maximum atomic E-state index is 11.4. The second kappa shape index (κ2) is 4.37. The molecule has 1 rings (SSSR count). The van der Waals surface area contributed by atoms with Crippen molar-refractivity contribution in [1.82, 2.24) is 0 Å². The van der Waals surface area contributed by atoms with Gasteiger partial charge in [0.15, 0.2) is 0 Å². The Kier molecular flexibility index (Phi) is 3.41. The maximum Gasteiger partial charge on any atom is 0.339 e. The largest absolute Gasteiger partial charge is 0.465 e. The van der Waals surface area contributed by atoms with E-state index in [1.165, 1.54) is 7.11 Å². The lowest BCUT2D eigenvalue weighted by Gasteiger charge is -2.07. The minimum absolute atomic E-state index is 0.400. The Morgan fingerprint density at radius 3 is 2.64 bits per heavy atom. The number of ether oxygens (including phenoxy) is 1. The summed E-state index contributed by atoms with van der Waals surface area (Å²) in [6, 6.07) is 3.31. The van der Waals surface area contributed by atoms with E-state index >= 15 is 0 Å². The number of carbonyl (C=O) groups is 2. The number of carbonyl (C=O) groups excluding carboxylic acids is 2. The number of hydrogen-bond donors (Lipinski definition) is 0. The highest BCUT2D eigenvalue weighted by Gasteiger charge is 2.15. The summed E-state index contributed by atoms with van der Waals surface area (Å²) in [5.41, 5.74) is 1.52. The first-order valence-electron chi connectivity index (χ1n) is 3.94. The van der Waals surface area contributed by atoms with Gasteiger partial charge in [-0.2, -0.15) is 0 Å². The van der Waals surface area contributed by atoms with Crippen molar-refractivity contribution in [3.8, 4) is 0 Å². The van der Waals surface area contributed by atoms with Crippen molar-refractivity contribution in [3.63, 3.8) is 0 Å². The van der Waals surface area contributed by atoms with Crippen molar-refractivity contribution < 1.29 is 14.3 Å². The molecule has 0 aliphatic carbocycles. The fraction of sp³-hybridized carbons (Fsp3) is 0.200. The fourth-order valence-electron chi connectivity index (χ4n) is 1.18. The third-order valence-electron chi connectivity index (χ3n) is 1.97. The Bertz CT molecular complexity index is 385. The fourth-order valence-corrected chi connectivity index (χ4v) is 1.77. The standard InChI is InChI=1S/C10H9BrO3/c1-6-7(5-12)3-4-8(11)9(6)10(13)14-2/h3-5H,1-2H3. The molecule has 14 heavy (non-hydrogen) atoms. The summed E-state index contributed by atoms with van der Waals surface area (Å²) in [6.07, 6.45) is 0.716. The molecule has 0 saturated heterocycles. The lowest BCUT2D eigenvalue weighted by atomic mass is 10.0. The van der Waals surface area contributed by atoms with Crippen LogP contribution in [0.15, 0.2) is 16.6 Å². The summed E-state index contributed by atoms with van der Waals surface area (Å²) in [7, 11) is 1.31. The highest BCUT2D eigenvalue weighted by Crippen LogP contribution is 2.23. The van der Waals surface area contributed by atoms with Crippen LogP contribution in [0.3, 0.4) is 0 Å². The SMILES string of the molecule is COC(=O)c1c(Br)ccc(C=O)c1C. The predicted octanol–water partition coefficient (Wildman–Crippen LogP) is 2.36. The monoisotopic (exact) mass is 256 g/mol. The van der Waals surface area contributed by atoms with Gasteiger partial charge in [-0.3, -0.25) is 4.79 Å². The lowest BCUT2D eigenvalue weighted by Crippen LogP contribution is -2.06. The van der Waals surface area contributed by atoms with E-state index in [9.17, 15) is 9.59 Å². The minimum Gasteiger partial charge on any atom is -0.465 e. The van der Waals surface area contributed by atoms with Gasteiger partial charge >= 0.3 is 5.97 Å². The van der Waals surface area contributed by atoms with Crippen LogP contribution in [0.1, 0.15) is 26.3 Å². The molecule has 0 amide bonds. The highest BCUT2D eigenvalue weighted by molar-refractivity contribution is 9.10. The summed E-state index contributed by atoms with van der Waals surface area (Å²) >= 11 is 3.24. The van der Waals surface area contributed by atoms with E-state index in [0.29, 0.717) is 27.4 Å².